The zero-order valence-electron chi connectivity index (χ0n) is 12.4. The fourth-order valence-corrected chi connectivity index (χ4v) is 2.56. The summed E-state index contributed by atoms with van der Waals surface area (Å²) >= 11 is 0. The van der Waals surface area contributed by atoms with Crippen LogP contribution in [0, 0.1) is 0 Å². The Morgan fingerprint density at radius 3 is 2.77 bits per heavy atom. The van der Waals surface area contributed by atoms with E-state index >= 15 is 0 Å². The van der Waals surface area contributed by atoms with E-state index < -0.39 is 0 Å². The zero-order chi connectivity index (χ0) is 15.4. The highest BCUT2D eigenvalue weighted by molar-refractivity contribution is 6.08. The molecule has 0 unspecified atom stereocenters. The summed E-state index contributed by atoms with van der Waals surface area (Å²) in [5.41, 5.74) is 2.75. The number of benzene rings is 2. The largest absolute Gasteiger partial charge is 0.496 e. The molecule has 0 aliphatic carbocycles. The van der Waals surface area contributed by atoms with Gasteiger partial charge in [-0.3, -0.25) is 4.79 Å². The molecule has 0 saturated carbocycles. The highest BCUT2D eigenvalue weighted by atomic mass is 16.5. The van der Waals surface area contributed by atoms with Gasteiger partial charge in [0.25, 0.3) is 0 Å². The van der Waals surface area contributed by atoms with Crippen LogP contribution in [0.2, 0.25) is 0 Å². The minimum absolute atomic E-state index is 0.0762. The van der Waals surface area contributed by atoms with Gasteiger partial charge in [-0.1, -0.05) is 36.4 Å². The second-order valence-corrected chi connectivity index (χ2v) is 5.09. The fraction of sp³-hybridized carbons (Fsp3) is 0.167. The molecule has 2 aromatic carbocycles. The number of carbonyl (C=O) groups excluding carboxylic acids is 1. The number of aromatic nitrogens is 1. The van der Waals surface area contributed by atoms with E-state index in [0.29, 0.717) is 13.1 Å². The van der Waals surface area contributed by atoms with Crippen LogP contribution in [0.4, 0.5) is 0 Å². The minimum Gasteiger partial charge on any atom is -0.496 e. The van der Waals surface area contributed by atoms with Crippen LogP contribution < -0.4 is 10.1 Å². The van der Waals surface area contributed by atoms with Gasteiger partial charge < -0.3 is 15.0 Å². The number of ketones is 1. The first-order chi connectivity index (χ1) is 10.8. The summed E-state index contributed by atoms with van der Waals surface area (Å²) in [4.78, 5) is 15.5. The Balaban J connectivity index is 1.65. The Hall–Kier alpha value is -2.59. The van der Waals surface area contributed by atoms with Crippen molar-refractivity contribution in [1.29, 1.82) is 0 Å². The molecule has 4 nitrogen and oxygen atoms in total. The SMILES string of the molecule is COc1ccccc1CNCC(=O)c1c[nH]c2ccccc12. The van der Waals surface area contributed by atoms with Gasteiger partial charge in [-0.15, -0.1) is 0 Å². The number of H-pyrrole nitrogens is 1. The second-order valence-electron chi connectivity index (χ2n) is 5.09. The quantitative estimate of drug-likeness (QED) is 0.687. The molecule has 1 heterocycles. The average Bonchev–Trinajstić information content (AvgIpc) is 2.99. The maximum Gasteiger partial charge on any atom is 0.178 e. The predicted molar refractivity (Wildman–Crippen MR) is 87.3 cm³/mol. The third kappa shape index (κ3) is 2.87. The normalized spacial score (nSPS) is 10.8. The number of hydrogen-bond acceptors (Lipinski definition) is 3. The first-order valence-corrected chi connectivity index (χ1v) is 7.21. The summed E-state index contributed by atoms with van der Waals surface area (Å²) in [7, 11) is 1.65. The van der Waals surface area contributed by atoms with Crippen LogP contribution >= 0.6 is 0 Å². The van der Waals surface area contributed by atoms with Crippen LogP contribution in [0.1, 0.15) is 15.9 Å². The lowest BCUT2D eigenvalue weighted by Gasteiger charge is -2.08. The third-order valence-corrected chi connectivity index (χ3v) is 3.68. The van der Waals surface area contributed by atoms with Crippen LogP contribution in [0.5, 0.6) is 5.75 Å². The Labute approximate surface area is 129 Å². The lowest BCUT2D eigenvalue weighted by Crippen LogP contribution is -2.22. The van der Waals surface area contributed by atoms with Crippen LogP contribution in [-0.2, 0) is 6.54 Å². The van der Waals surface area contributed by atoms with Crippen molar-refractivity contribution < 1.29 is 9.53 Å². The summed E-state index contributed by atoms with van der Waals surface area (Å²) in [5, 5.41) is 4.15. The molecule has 0 aliphatic rings. The Bertz CT molecular complexity index is 792. The van der Waals surface area contributed by atoms with Gasteiger partial charge in [0.1, 0.15) is 5.75 Å². The number of carbonyl (C=O) groups is 1. The minimum atomic E-state index is 0.0762. The number of para-hydroxylation sites is 2. The van der Waals surface area contributed by atoms with Crippen molar-refractivity contribution in [3.8, 4) is 5.75 Å². The molecule has 2 N–H and O–H groups in total. The van der Waals surface area contributed by atoms with Crippen LogP contribution in [0.15, 0.2) is 54.7 Å². The van der Waals surface area contributed by atoms with Crippen molar-refractivity contribution in [1.82, 2.24) is 10.3 Å². The lowest BCUT2D eigenvalue weighted by molar-refractivity contribution is 0.0992. The number of ether oxygens (including phenoxy) is 1. The molecular weight excluding hydrogens is 276 g/mol. The first kappa shape index (κ1) is 14.4. The van der Waals surface area contributed by atoms with E-state index in [1.165, 1.54) is 0 Å². The Morgan fingerprint density at radius 2 is 1.91 bits per heavy atom. The number of nitrogens with one attached hydrogen (secondary N) is 2. The standard InChI is InChI=1S/C18H18N2O2/c1-22-18-9-5-2-6-13(18)10-19-12-17(21)15-11-20-16-8-4-3-7-14(15)16/h2-9,11,19-20H,10,12H2,1H3. The molecule has 3 rings (SSSR count). The number of aromatic amines is 1. The number of rotatable bonds is 6. The van der Waals surface area contributed by atoms with Crippen LogP contribution in [-0.4, -0.2) is 24.4 Å². The molecule has 0 amide bonds. The first-order valence-electron chi connectivity index (χ1n) is 7.21. The van der Waals surface area contributed by atoms with Gasteiger partial charge in [-0.25, -0.2) is 0 Å². The van der Waals surface area contributed by atoms with Crippen molar-refractivity contribution in [2.24, 2.45) is 0 Å². The van der Waals surface area contributed by atoms with Gasteiger partial charge in [0.05, 0.1) is 13.7 Å². The van der Waals surface area contributed by atoms with Crippen molar-refractivity contribution in [2.75, 3.05) is 13.7 Å². The molecule has 22 heavy (non-hydrogen) atoms. The summed E-state index contributed by atoms with van der Waals surface area (Å²) in [6, 6.07) is 15.6. The molecule has 0 aliphatic heterocycles. The molecule has 0 atom stereocenters. The Morgan fingerprint density at radius 1 is 1.14 bits per heavy atom. The van der Waals surface area contributed by atoms with E-state index in [-0.39, 0.29) is 5.78 Å². The molecule has 112 valence electrons. The average molecular weight is 294 g/mol. The zero-order valence-corrected chi connectivity index (χ0v) is 12.4. The molecule has 0 saturated heterocycles. The van der Waals surface area contributed by atoms with Crippen molar-refractivity contribution in [3.05, 3.63) is 65.9 Å². The molecule has 0 bridgehead atoms. The maximum atomic E-state index is 12.4. The maximum absolute atomic E-state index is 12.4. The molecule has 4 heteroatoms. The molecule has 1 aromatic heterocycles. The van der Waals surface area contributed by atoms with E-state index in [1.54, 1.807) is 13.3 Å². The second kappa shape index (κ2) is 6.45. The summed E-state index contributed by atoms with van der Waals surface area (Å²) in [6.45, 7) is 0.887. The predicted octanol–water partition coefficient (Wildman–Crippen LogP) is 3.15. The van der Waals surface area contributed by atoms with Gasteiger partial charge >= 0.3 is 0 Å². The lowest BCUT2D eigenvalue weighted by atomic mass is 10.1. The fourth-order valence-electron chi connectivity index (χ4n) is 2.56. The monoisotopic (exact) mass is 294 g/mol. The van der Waals surface area contributed by atoms with Crippen LogP contribution in [0.3, 0.4) is 0 Å². The van der Waals surface area contributed by atoms with Gasteiger partial charge in [-0.2, -0.15) is 0 Å². The van der Waals surface area contributed by atoms with Crippen molar-refractivity contribution >= 4 is 16.7 Å². The van der Waals surface area contributed by atoms with Crippen molar-refractivity contribution in [3.63, 3.8) is 0 Å². The van der Waals surface area contributed by atoms with E-state index in [2.05, 4.69) is 10.3 Å². The topological polar surface area (TPSA) is 54.1 Å². The van der Waals surface area contributed by atoms with E-state index in [0.717, 1.165) is 27.8 Å². The smallest absolute Gasteiger partial charge is 0.178 e. The summed E-state index contributed by atoms with van der Waals surface area (Å²) < 4.78 is 5.30. The third-order valence-electron chi connectivity index (χ3n) is 3.68. The number of hydrogen-bond donors (Lipinski definition) is 2. The van der Waals surface area contributed by atoms with Crippen LogP contribution in [0.25, 0.3) is 10.9 Å². The summed E-state index contributed by atoms with van der Waals surface area (Å²) in [5.74, 6) is 0.905. The molecular formula is C18H18N2O2. The van der Waals surface area contributed by atoms with Crippen molar-refractivity contribution in [2.45, 2.75) is 6.54 Å². The molecule has 3 aromatic rings. The van der Waals surface area contributed by atoms with E-state index in [9.17, 15) is 4.79 Å². The number of Topliss-reactive ketones (excluding diaryl/α,β-unsaturated/α-hetero) is 1. The van der Waals surface area contributed by atoms with E-state index in [4.69, 9.17) is 4.74 Å². The summed E-state index contributed by atoms with van der Waals surface area (Å²) in [6.07, 6.45) is 1.78. The van der Waals surface area contributed by atoms with Gasteiger partial charge in [0.2, 0.25) is 0 Å². The van der Waals surface area contributed by atoms with Gasteiger partial charge in [-0.05, 0) is 12.1 Å². The molecule has 0 radical (unpaired) electrons. The van der Waals surface area contributed by atoms with Gasteiger partial charge in [0.15, 0.2) is 5.78 Å². The van der Waals surface area contributed by atoms with E-state index in [1.807, 2.05) is 48.5 Å². The molecule has 0 spiro atoms. The van der Waals surface area contributed by atoms with Gasteiger partial charge in [0, 0.05) is 34.8 Å². The molecule has 0 fully saturated rings. The number of methoxy groups -OCH3 is 1. The highest BCUT2D eigenvalue weighted by Gasteiger charge is 2.11. The number of fused-ring (bicyclic) bond motifs is 1. The highest BCUT2D eigenvalue weighted by Crippen LogP contribution is 2.19. The Kier molecular flexibility index (Phi) is 4.21.